The molecule has 0 amide bonds. The molecule has 1 heterocycles. The maximum atomic E-state index is 11.5. The van der Waals surface area contributed by atoms with Crippen LogP contribution in [0.15, 0.2) is 24.3 Å². The lowest BCUT2D eigenvalue weighted by molar-refractivity contribution is 0.0605. The van der Waals surface area contributed by atoms with Crippen LogP contribution in [-0.4, -0.2) is 18.1 Å². The number of benzene rings is 1. The average molecular weight is 287 g/mol. The largest absolute Gasteiger partial charge is 0.465 e. The summed E-state index contributed by atoms with van der Waals surface area (Å²) in [5.41, 5.74) is 2.25. The normalized spacial score (nSPS) is 9.85. The van der Waals surface area contributed by atoms with E-state index >= 15 is 0 Å². The van der Waals surface area contributed by atoms with E-state index in [0.717, 1.165) is 5.56 Å². The van der Waals surface area contributed by atoms with Crippen LogP contribution in [0, 0.1) is 18.3 Å². The number of anilines is 1. The minimum atomic E-state index is -0.375. The highest BCUT2D eigenvalue weighted by atomic mass is 32.1. The molecular formula is C14H13N3O2S. The van der Waals surface area contributed by atoms with Gasteiger partial charge in [-0.2, -0.15) is 5.26 Å². The maximum absolute atomic E-state index is 11.5. The second-order valence-corrected chi connectivity index (χ2v) is 5.09. The van der Waals surface area contributed by atoms with Crippen LogP contribution < -0.4 is 5.32 Å². The molecule has 2 rings (SSSR count). The molecule has 1 aromatic carbocycles. The molecule has 0 saturated carbocycles. The number of ether oxygens (including phenoxy) is 1. The molecule has 20 heavy (non-hydrogen) atoms. The lowest BCUT2D eigenvalue weighted by Gasteiger charge is -2.02. The molecule has 0 aliphatic carbocycles. The number of nitrogens with one attached hydrogen (secondary N) is 1. The predicted octanol–water partition coefficient (Wildman–Crippen LogP) is 2.72. The summed E-state index contributed by atoms with van der Waals surface area (Å²) >= 11 is 1.26. The van der Waals surface area contributed by atoms with Crippen LogP contribution in [0.4, 0.5) is 5.13 Å². The number of esters is 1. The van der Waals surface area contributed by atoms with E-state index in [1.54, 1.807) is 13.0 Å². The Morgan fingerprint density at radius 3 is 3.05 bits per heavy atom. The number of nitriles is 1. The summed E-state index contributed by atoms with van der Waals surface area (Å²) in [4.78, 5) is 16.3. The molecular weight excluding hydrogens is 274 g/mol. The molecule has 0 bridgehead atoms. The van der Waals surface area contributed by atoms with E-state index in [0.29, 0.717) is 27.8 Å². The smallest absolute Gasteiger partial charge is 0.350 e. The van der Waals surface area contributed by atoms with Crippen LogP contribution in [0.1, 0.15) is 26.5 Å². The first kappa shape index (κ1) is 14.0. The van der Waals surface area contributed by atoms with Gasteiger partial charge in [-0.1, -0.05) is 23.5 Å². The fraction of sp³-hybridized carbons (Fsp3) is 0.214. The Balaban J connectivity index is 2.08. The average Bonchev–Trinajstić information content (AvgIpc) is 2.85. The second kappa shape index (κ2) is 6.17. The van der Waals surface area contributed by atoms with Gasteiger partial charge in [-0.15, -0.1) is 0 Å². The fourth-order valence-electron chi connectivity index (χ4n) is 1.68. The van der Waals surface area contributed by atoms with Gasteiger partial charge in [-0.25, -0.2) is 9.78 Å². The van der Waals surface area contributed by atoms with Crippen molar-refractivity contribution in [2.24, 2.45) is 0 Å². The number of hydrogen-bond acceptors (Lipinski definition) is 6. The molecule has 1 N–H and O–H groups in total. The van der Waals surface area contributed by atoms with Crippen molar-refractivity contribution in [3.05, 3.63) is 46.0 Å². The molecule has 0 aliphatic heterocycles. The van der Waals surface area contributed by atoms with Gasteiger partial charge < -0.3 is 10.1 Å². The molecule has 0 aliphatic rings. The minimum absolute atomic E-state index is 0.375. The minimum Gasteiger partial charge on any atom is -0.465 e. The maximum Gasteiger partial charge on any atom is 0.350 e. The predicted molar refractivity (Wildman–Crippen MR) is 76.7 cm³/mol. The molecule has 0 saturated heterocycles. The SMILES string of the molecule is COC(=O)c1sc(NCc2cccc(C#N)c2)nc1C. The first-order valence-corrected chi connectivity index (χ1v) is 6.74. The van der Waals surface area contributed by atoms with Crippen molar-refractivity contribution >= 4 is 22.4 Å². The van der Waals surface area contributed by atoms with Gasteiger partial charge in [0.05, 0.1) is 24.4 Å². The molecule has 0 fully saturated rings. The molecule has 0 spiro atoms. The van der Waals surface area contributed by atoms with E-state index in [2.05, 4.69) is 16.4 Å². The number of aryl methyl sites for hydroxylation is 1. The first-order valence-electron chi connectivity index (χ1n) is 5.92. The van der Waals surface area contributed by atoms with Crippen LogP contribution in [0.5, 0.6) is 0 Å². The zero-order valence-corrected chi connectivity index (χ0v) is 12.0. The van der Waals surface area contributed by atoms with Gasteiger partial charge in [0, 0.05) is 6.54 Å². The molecule has 0 radical (unpaired) electrons. The van der Waals surface area contributed by atoms with E-state index in [-0.39, 0.29) is 5.97 Å². The van der Waals surface area contributed by atoms with Crippen LogP contribution in [0.3, 0.4) is 0 Å². The topological polar surface area (TPSA) is 75.0 Å². The van der Waals surface area contributed by atoms with Gasteiger partial charge in [0.1, 0.15) is 4.88 Å². The van der Waals surface area contributed by atoms with E-state index in [1.807, 2.05) is 18.2 Å². The Kier molecular flexibility index (Phi) is 4.33. The Hall–Kier alpha value is -2.39. The summed E-state index contributed by atoms with van der Waals surface area (Å²) in [5, 5.41) is 12.6. The number of methoxy groups -OCH3 is 1. The number of rotatable bonds is 4. The van der Waals surface area contributed by atoms with Crippen molar-refractivity contribution in [3.8, 4) is 6.07 Å². The van der Waals surface area contributed by atoms with Crippen LogP contribution >= 0.6 is 11.3 Å². The number of thiazole rings is 1. The Labute approximate surface area is 120 Å². The quantitative estimate of drug-likeness (QED) is 0.875. The summed E-state index contributed by atoms with van der Waals surface area (Å²) in [6.45, 7) is 2.31. The third kappa shape index (κ3) is 3.13. The Morgan fingerprint density at radius 1 is 1.55 bits per heavy atom. The Morgan fingerprint density at radius 2 is 2.35 bits per heavy atom. The zero-order valence-electron chi connectivity index (χ0n) is 11.1. The third-order valence-corrected chi connectivity index (χ3v) is 3.76. The van der Waals surface area contributed by atoms with Gasteiger partial charge in [-0.05, 0) is 24.6 Å². The summed E-state index contributed by atoms with van der Waals surface area (Å²) < 4.78 is 4.69. The van der Waals surface area contributed by atoms with Gasteiger partial charge in [0.2, 0.25) is 0 Å². The fourth-order valence-corrected chi connectivity index (χ4v) is 2.56. The molecule has 102 valence electrons. The number of carbonyl (C=O) groups excluding carboxylic acids is 1. The molecule has 2 aromatic rings. The standard InChI is InChI=1S/C14H13N3O2S/c1-9-12(13(18)19-2)20-14(17-9)16-8-11-5-3-4-10(6-11)7-15/h3-6H,8H2,1-2H3,(H,16,17). The summed E-state index contributed by atoms with van der Waals surface area (Å²) in [6.07, 6.45) is 0. The number of hydrogen-bond donors (Lipinski definition) is 1. The van der Waals surface area contributed by atoms with Gasteiger partial charge in [-0.3, -0.25) is 0 Å². The van der Waals surface area contributed by atoms with Gasteiger partial charge in [0.15, 0.2) is 5.13 Å². The second-order valence-electron chi connectivity index (χ2n) is 4.09. The monoisotopic (exact) mass is 287 g/mol. The highest BCUT2D eigenvalue weighted by Gasteiger charge is 2.15. The summed E-state index contributed by atoms with van der Waals surface area (Å²) in [6, 6.07) is 9.43. The number of aromatic nitrogens is 1. The van der Waals surface area contributed by atoms with E-state index < -0.39 is 0 Å². The molecule has 1 aromatic heterocycles. The zero-order chi connectivity index (χ0) is 14.5. The molecule has 0 atom stereocenters. The van der Waals surface area contributed by atoms with Gasteiger partial charge in [0.25, 0.3) is 0 Å². The highest BCUT2D eigenvalue weighted by Crippen LogP contribution is 2.23. The highest BCUT2D eigenvalue weighted by molar-refractivity contribution is 7.17. The van der Waals surface area contributed by atoms with Crippen molar-refractivity contribution in [2.75, 3.05) is 12.4 Å². The van der Waals surface area contributed by atoms with Crippen LogP contribution in [0.2, 0.25) is 0 Å². The van der Waals surface area contributed by atoms with Crippen molar-refractivity contribution in [1.82, 2.24) is 4.98 Å². The van der Waals surface area contributed by atoms with Crippen molar-refractivity contribution in [2.45, 2.75) is 13.5 Å². The number of nitrogens with zero attached hydrogens (tertiary/aromatic N) is 2. The molecule has 0 unspecified atom stereocenters. The molecule has 5 nitrogen and oxygen atoms in total. The van der Waals surface area contributed by atoms with Gasteiger partial charge >= 0.3 is 5.97 Å². The summed E-state index contributed by atoms with van der Waals surface area (Å²) in [7, 11) is 1.35. The first-order chi connectivity index (χ1) is 9.63. The van der Waals surface area contributed by atoms with Crippen molar-refractivity contribution in [3.63, 3.8) is 0 Å². The van der Waals surface area contributed by atoms with Crippen LogP contribution in [0.25, 0.3) is 0 Å². The lowest BCUT2D eigenvalue weighted by atomic mass is 10.1. The van der Waals surface area contributed by atoms with E-state index in [1.165, 1.54) is 18.4 Å². The van der Waals surface area contributed by atoms with E-state index in [4.69, 9.17) is 10.00 Å². The van der Waals surface area contributed by atoms with Crippen molar-refractivity contribution < 1.29 is 9.53 Å². The third-order valence-electron chi connectivity index (χ3n) is 2.67. The lowest BCUT2D eigenvalue weighted by Crippen LogP contribution is -1.99. The van der Waals surface area contributed by atoms with Crippen LogP contribution in [-0.2, 0) is 11.3 Å². The Bertz CT molecular complexity index is 673. The molecule has 6 heteroatoms. The van der Waals surface area contributed by atoms with E-state index in [9.17, 15) is 4.79 Å². The summed E-state index contributed by atoms with van der Waals surface area (Å²) in [5.74, 6) is -0.375. The number of carbonyl (C=O) groups is 1. The van der Waals surface area contributed by atoms with Crippen molar-refractivity contribution in [1.29, 1.82) is 5.26 Å².